The number of anilines is 1. The van der Waals surface area contributed by atoms with Crippen LogP contribution in [0.5, 0.6) is 0 Å². The number of benzene rings is 1. The van der Waals surface area contributed by atoms with Crippen LogP contribution in [0.15, 0.2) is 18.2 Å². The van der Waals surface area contributed by atoms with Crippen molar-refractivity contribution in [3.05, 3.63) is 33.9 Å². The number of nitro groups is 1. The molecule has 0 unspecified atom stereocenters. The highest BCUT2D eigenvalue weighted by Crippen LogP contribution is 2.26. The molecule has 3 N–H and O–H groups in total. The number of rotatable bonds is 7. The fourth-order valence-corrected chi connectivity index (χ4v) is 1.94. The molecule has 1 aromatic carbocycles. The first-order valence-corrected chi connectivity index (χ1v) is 6.27. The zero-order valence-electron chi connectivity index (χ0n) is 11.8. The Morgan fingerprint density at radius 2 is 2.05 bits per heavy atom. The number of nitrogens with zero attached hydrogens (tertiary/aromatic N) is 2. The van der Waals surface area contributed by atoms with Crippen molar-refractivity contribution in [3.63, 3.8) is 0 Å². The molecule has 0 bridgehead atoms. The molecule has 0 spiro atoms. The highest BCUT2D eigenvalue weighted by molar-refractivity contribution is 5.93. The second kappa shape index (κ2) is 6.69. The normalized spacial score (nSPS) is 10.4. The van der Waals surface area contributed by atoms with Crippen molar-refractivity contribution in [2.45, 2.75) is 13.8 Å². The van der Waals surface area contributed by atoms with Crippen molar-refractivity contribution in [1.29, 1.82) is 0 Å². The van der Waals surface area contributed by atoms with Crippen molar-refractivity contribution in [3.8, 4) is 0 Å². The standard InChI is InChI=1S/C13H17N3O5/c1-8(2)6-15(7-12(14)17)9-3-4-10(13(18)19)11(5-9)16(20)21/h3-5,8H,6-7H2,1-2H3,(H2,14,17)(H,18,19). The summed E-state index contributed by atoms with van der Waals surface area (Å²) >= 11 is 0. The zero-order chi connectivity index (χ0) is 16.2. The van der Waals surface area contributed by atoms with Crippen molar-refractivity contribution in [2.75, 3.05) is 18.0 Å². The number of nitrogens with two attached hydrogens (primary N) is 1. The van der Waals surface area contributed by atoms with Crippen LogP contribution in [0.4, 0.5) is 11.4 Å². The van der Waals surface area contributed by atoms with E-state index >= 15 is 0 Å². The van der Waals surface area contributed by atoms with Crippen LogP contribution in [0.3, 0.4) is 0 Å². The third-order valence-electron chi connectivity index (χ3n) is 2.71. The fraction of sp³-hybridized carbons (Fsp3) is 0.385. The second-order valence-corrected chi connectivity index (χ2v) is 5.00. The molecule has 0 aliphatic rings. The van der Waals surface area contributed by atoms with Gasteiger partial charge in [0.15, 0.2) is 0 Å². The lowest BCUT2D eigenvalue weighted by Crippen LogP contribution is -2.36. The Kier molecular flexibility index (Phi) is 5.23. The lowest BCUT2D eigenvalue weighted by atomic mass is 10.1. The van der Waals surface area contributed by atoms with E-state index in [-0.39, 0.29) is 12.5 Å². The van der Waals surface area contributed by atoms with Crippen LogP contribution < -0.4 is 10.6 Å². The summed E-state index contributed by atoms with van der Waals surface area (Å²) in [7, 11) is 0. The van der Waals surface area contributed by atoms with Gasteiger partial charge in [0.25, 0.3) is 5.69 Å². The van der Waals surface area contributed by atoms with E-state index in [0.717, 1.165) is 12.1 Å². The Morgan fingerprint density at radius 1 is 1.43 bits per heavy atom. The number of nitro benzene ring substituents is 1. The van der Waals surface area contributed by atoms with E-state index in [2.05, 4.69) is 0 Å². The molecular formula is C13H17N3O5. The van der Waals surface area contributed by atoms with E-state index < -0.39 is 28.1 Å². The van der Waals surface area contributed by atoms with Crippen LogP contribution in [0, 0.1) is 16.0 Å². The van der Waals surface area contributed by atoms with Gasteiger partial charge in [-0.05, 0) is 18.1 Å². The van der Waals surface area contributed by atoms with Crippen molar-refractivity contribution < 1.29 is 19.6 Å². The minimum absolute atomic E-state index is 0.0955. The molecule has 0 radical (unpaired) electrons. The number of carboxylic acids is 1. The Balaban J connectivity index is 3.25. The van der Waals surface area contributed by atoms with E-state index in [1.165, 1.54) is 6.07 Å². The molecule has 0 atom stereocenters. The first-order valence-electron chi connectivity index (χ1n) is 6.27. The number of aromatic carboxylic acids is 1. The summed E-state index contributed by atoms with van der Waals surface area (Å²) in [6.45, 7) is 4.22. The van der Waals surface area contributed by atoms with Crippen molar-refractivity contribution in [2.24, 2.45) is 11.7 Å². The predicted molar refractivity (Wildman–Crippen MR) is 76.3 cm³/mol. The smallest absolute Gasteiger partial charge is 0.342 e. The molecule has 8 nitrogen and oxygen atoms in total. The van der Waals surface area contributed by atoms with Gasteiger partial charge in [0, 0.05) is 18.3 Å². The van der Waals surface area contributed by atoms with Gasteiger partial charge in [-0.2, -0.15) is 0 Å². The van der Waals surface area contributed by atoms with Gasteiger partial charge in [-0.25, -0.2) is 4.79 Å². The number of carbonyl (C=O) groups is 2. The highest BCUT2D eigenvalue weighted by atomic mass is 16.6. The van der Waals surface area contributed by atoms with Crippen molar-refractivity contribution >= 4 is 23.3 Å². The molecule has 0 fully saturated rings. The molecule has 8 heteroatoms. The maximum Gasteiger partial charge on any atom is 0.342 e. The quantitative estimate of drug-likeness (QED) is 0.575. The van der Waals surface area contributed by atoms with Crippen LogP contribution in [0.2, 0.25) is 0 Å². The molecule has 0 saturated carbocycles. The van der Waals surface area contributed by atoms with Crippen LogP contribution in [0.1, 0.15) is 24.2 Å². The SMILES string of the molecule is CC(C)CN(CC(N)=O)c1ccc(C(=O)O)c([N+](=O)[O-])c1. The zero-order valence-corrected chi connectivity index (χ0v) is 11.8. The molecule has 0 aliphatic heterocycles. The molecule has 1 rings (SSSR count). The summed E-state index contributed by atoms with van der Waals surface area (Å²) in [6.07, 6.45) is 0. The van der Waals surface area contributed by atoms with Gasteiger partial charge in [0.05, 0.1) is 11.5 Å². The summed E-state index contributed by atoms with van der Waals surface area (Å²) in [5.41, 5.74) is 4.65. The molecule has 0 aliphatic carbocycles. The topological polar surface area (TPSA) is 127 Å². The fourth-order valence-electron chi connectivity index (χ4n) is 1.94. The molecule has 1 aromatic rings. The summed E-state index contributed by atoms with van der Waals surface area (Å²) in [6, 6.07) is 3.74. The van der Waals surface area contributed by atoms with Gasteiger partial charge >= 0.3 is 5.97 Å². The van der Waals surface area contributed by atoms with Crippen LogP contribution >= 0.6 is 0 Å². The van der Waals surface area contributed by atoms with Gasteiger partial charge in [0.2, 0.25) is 5.91 Å². The molecule has 21 heavy (non-hydrogen) atoms. The van der Waals surface area contributed by atoms with E-state index in [1.807, 2.05) is 13.8 Å². The predicted octanol–water partition coefficient (Wildman–Crippen LogP) is 1.24. The summed E-state index contributed by atoms with van der Waals surface area (Å²) in [4.78, 5) is 33.9. The number of hydrogen-bond acceptors (Lipinski definition) is 5. The van der Waals surface area contributed by atoms with Gasteiger partial charge in [-0.1, -0.05) is 13.8 Å². The minimum atomic E-state index is -1.38. The Labute approximate surface area is 121 Å². The van der Waals surface area contributed by atoms with E-state index in [4.69, 9.17) is 10.8 Å². The lowest BCUT2D eigenvalue weighted by Gasteiger charge is -2.25. The van der Waals surface area contributed by atoms with Gasteiger partial charge in [-0.3, -0.25) is 14.9 Å². The molecule has 0 aromatic heterocycles. The van der Waals surface area contributed by atoms with E-state index in [0.29, 0.717) is 12.2 Å². The second-order valence-electron chi connectivity index (χ2n) is 5.00. The summed E-state index contributed by atoms with van der Waals surface area (Å²) in [5.74, 6) is -1.75. The third-order valence-corrected chi connectivity index (χ3v) is 2.71. The maximum absolute atomic E-state index is 11.1. The van der Waals surface area contributed by atoms with Crippen LogP contribution in [0.25, 0.3) is 0 Å². The van der Waals surface area contributed by atoms with Crippen LogP contribution in [-0.2, 0) is 4.79 Å². The molecule has 114 valence electrons. The largest absolute Gasteiger partial charge is 0.477 e. The van der Waals surface area contributed by atoms with Gasteiger partial charge in [-0.15, -0.1) is 0 Å². The van der Waals surface area contributed by atoms with E-state index in [9.17, 15) is 19.7 Å². The van der Waals surface area contributed by atoms with Gasteiger partial charge < -0.3 is 15.7 Å². The van der Waals surface area contributed by atoms with Crippen molar-refractivity contribution in [1.82, 2.24) is 0 Å². The third kappa shape index (κ3) is 4.44. The summed E-state index contributed by atoms with van der Waals surface area (Å²) < 4.78 is 0. The van der Waals surface area contributed by atoms with E-state index in [1.54, 1.807) is 4.90 Å². The van der Waals surface area contributed by atoms with Crippen LogP contribution in [-0.4, -0.2) is 35.0 Å². The molecule has 0 saturated heterocycles. The first-order chi connectivity index (χ1) is 9.72. The minimum Gasteiger partial charge on any atom is -0.477 e. The number of carboxylic acid groups (broad SMARTS) is 1. The number of primary amides is 1. The average molecular weight is 295 g/mol. The lowest BCUT2D eigenvalue weighted by molar-refractivity contribution is -0.385. The monoisotopic (exact) mass is 295 g/mol. The molecule has 0 heterocycles. The molecular weight excluding hydrogens is 278 g/mol. The Bertz CT molecular complexity index is 571. The maximum atomic E-state index is 11.1. The number of hydrogen-bond donors (Lipinski definition) is 2. The molecule has 1 amide bonds. The Hall–Kier alpha value is -2.64. The average Bonchev–Trinajstić information content (AvgIpc) is 2.35. The highest BCUT2D eigenvalue weighted by Gasteiger charge is 2.22. The van der Waals surface area contributed by atoms with Gasteiger partial charge in [0.1, 0.15) is 5.56 Å². The first kappa shape index (κ1) is 16.4. The number of carbonyl (C=O) groups excluding carboxylic acids is 1. The Morgan fingerprint density at radius 3 is 2.48 bits per heavy atom. The number of amides is 1. The summed E-state index contributed by atoms with van der Waals surface area (Å²) in [5, 5.41) is 19.9.